The molecule has 1 aliphatic heterocycles. The van der Waals surface area contributed by atoms with Gasteiger partial charge in [0.2, 0.25) is 0 Å². The Hall–Kier alpha value is -6.07. The number of hydrogen-bond acceptors (Lipinski definition) is 5. The highest BCUT2D eigenvalue weighted by Crippen LogP contribution is 2.41. The molecule has 5 heteroatoms. The fourth-order valence-electron chi connectivity index (χ4n) is 6.48. The number of amidine groups is 2. The van der Waals surface area contributed by atoms with E-state index in [1.54, 1.807) is 0 Å². The number of pyridine rings is 1. The molecule has 212 valence electrons. The molecule has 0 aliphatic carbocycles. The predicted molar refractivity (Wildman–Crippen MR) is 184 cm³/mol. The van der Waals surface area contributed by atoms with E-state index in [1.165, 1.54) is 0 Å². The van der Waals surface area contributed by atoms with Crippen molar-refractivity contribution in [2.75, 3.05) is 0 Å². The third-order valence-corrected chi connectivity index (χ3v) is 8.58. The van der Waals surface area contributed by atoms with E-state index in [0.717, 1.165) is 77.3 Å². The minimum atomic E-state index is -0.261. The van der Waals surface area contributed by atoms with E-state index in [-0.39, 0.29) is 6.17 Å². The third-order valence-electron chi connectivity index (χ3n) is 8.58. The number of hydrogen-bond donors (Lipinski definition) is 1. The first-order chi connectivity index (χ1) is 22.3. The van der Waals surface area contributed by atoms with E-state index in [0.29, 0.717) is 5.84 Å². The molecule has 1 N–H and O–H groups in total. The number of nitrogens with zero attached hydrogens (tertiary/aromatic N) is 3. The van der Waals surface area contributed by atoms with Gasteiger partial charge in [-0.05, 0) is 45.7 Å². The number of rotatable bonds is 4. The topological polar surface area (TPSA) is 62.8 Å². The third kappa shape index (κ3) is 4.28. The highest BCUT2D eigenvalue weighted by atomic mass is 16.3. The molecule has 0 saturated carbocycles. The van der Waals surface area contributed by atoms with E-state index < -0.39 is 0 Å². The lowest BCUT2D eigenvalue weighted by molar-refractivity contribution is 0.669. The van der Waals surface area contributed by atoms with Crippen molar-refractivity contribution in [3.05, 3.63) is 162 Å². The van der Waals surface area contributed by atoms with E-state index in [9.17, 15) is 0 Å². The Labute approximate surface area is 259 Å². The monoisotopic (exact) mass is 578 g/mol. The maximum Gasteiger partial charge on any atom is 0.159 e. The van der Waals surface area contributed by atoms with Crippen molar-refractivity contribution in [1.29, 1.82) is 0 Å². The molecule has 45 heavy (non-hydrogen) atoms. The molecule has 2 aromatic heterocycles. The summed E-state index contributed by atoms with van der Waals surface area (Å²) in [4.78, 5) is 14.7. The number of aliphatic imine (C=N–C) groups is 2. The normalized spacial score (nSPS) is 14.9. The van der Waals surface area contributed by atoms with Gasteiger partial charge in [-0.15, -0.1) is 0 Å². The lowest BCUT2D eigenvalue weighted by Gasteiger charge is -2.24. The first-order valence-corrected chi connectivity index (χ1v) is 15.1. The summed E-state index contributed by atoms with van der Waals surface area (Å²) in [5, 5.41) is 9.18. The molecule has 0 bridgehead atoms. The summed E-state index contributed by atoms with van der Waals surface area (Å²) in [6.07, 6.45) is 1.56. The second-order valence-electron chi connectivity index (χ2n) is 11.3. The van der Waals surface area contributed by atoms with E-state index in [2.05, 4.69) is 95.2 Å². The fourth-order valence-corrected chi connectivity index (χ4v) is 6.48. The smallest absolute Gasteiger partial charge is 0.159 e. The van der Waals surface area contributed by atoms with E-state index in [1.807, 2.05) is 60.8 Å². The Kier molecular flexibility index (Phi) is 5.81. The Bertz CT molecular complexity index is 2460. The minimum Gasteiger partial charge on any atom is -0.456 e. The van der Waals surface area contributed by atoms with Crippen LogP contribution in [-0.4, -0.2) is 16.7 Å². The zero-order valence-corrected chi connectivity index (χ0v) is 24.2. The maximum atomic E-state index is 6.38. The second-order valence-corrected chi connectivity index (χ2v) is 11.3. The summed E-state index contributed by atoms with van der Waals surface area (Å²) >= 11 is 0. The molecule has 0 radical (unpaired) electrons. The van der Waals surface area contributed by atoms with Crippen LogP contribution in [0.4, 0.5) is 0 Å². The van der Waals surface area contributed by atoms with Gasteiger partial charge in [-0.2, -0.15) is 0 Å². The van der Waals surface area contributed by atoms with Crippen LogP contribution in [0, 0.1) is 0 Å². The first kappa shape index (κ1) is 25.4. The minimum absolute atomic E-state index is 0.261. The van der Waals surface area contributed by atoms with Crippen molar-refractivity contribution in [2.45, 2.75) is 6.17 Å². The van der Waals surface area contributed by atoms with Gasteiger partial charge in [0.15, 0.2) is 5.84 Å². The highest BCUT2D eigenvalue weighted by molar-refractivity contribution is 6.21. The van der Waals surface area contributed by atoms with Gasteiger partial charge in [0, 0.05) is 39.5 Å². The van der Waals surface area contributed by atoms with Crippen molar-refractivity contribution in [3.8, 4) is 11.1 Å². The van der Waals surface area contributed by atoms with Crippen LogP contribution in [0.2, 0.25) is 0 Å². The number of nitrogens with one attached hydrogen (secondary N) is 1. The second kappa shape index (κ2) is 10.3. The molecule has 6 aromatic carbocycles. The van der Waals surface area contributed by atoms with Crippen LogP contribution in [0.1, 0.15) is 22.9 Å². The molecule has 0 saturated heterocycles. The molecule has 0 amide bonds. The largest absolute Gasteiger partial charge is 0.456 e. The van der Waals surface area contributed by atoms with Crippen LogP contribution < -0.4 is 5.32 Å². The molecular formula is C40H26N4O. The summed E-state index contributed by atoms with van der Waals surface area (Å²) in [6, 6.07) is 48.1. The fraction of sp³-hybridized carbons (Fsp3) is 0.0250. The number of furan rings is 1. The summed E-state index contributed by atoms with van der Waals surface area (Å²) in [5.41, 5.74) is 7.99. The van der Waals surface area contributed by atoms with Gasteiger partial charge < -0.3 is 9.73 Å². The Morgan fingerprint density at radius 1 is 0.578 bits per heavy atom. The van der Waals surface area contributed by atoms with Gasteiger partial charge in [0.1, 0.15) is 23.2 Å². The Morgan fingerprint density at radius 2 is 1.31 bits per heavy atom. The number of aromatic nitrogens is 1. The predicted octanol–water partition coefficient (Wildman–Crippen LogP) is 9.45. The van der Waals surface area contributed by atoms with Gasteiger partial charge in [0.25, 0.3) is 0 Å². The molecule has 1 atom stereocenters. The van der Waals surface area contributed by atoms with Gasteiger partial charge in [-0.3, -0.25) is 4.98 Å². The maximum absolute atomic E-state index is 6.38. The number of fused-ring (bicyclic) bond motifs is 5. The van der Waals surface area contributed by atoms with Crippen LogP contribution in [0.25, 0.3) is 54.7 Å². The summed E-state index contributed by atoms with van der Waals surface area (Å²) in [5.74, 6) is 1.51. The number of benzene rings is 6. The molecule has 8 aromatic rings. The van der Waals surface area contributed by atoms with Crippen molar-refractivity contribution in [1.82, 2.24) is 10.3 Å². The summed E-state index contributed by atoms with van der Waals surface area (Å²) < 4.78 is 6.38. The van der Waals surface area contributed by atoms with Gasteiger partial charge in [-0.25, -0.2) is 9.98 Å². The van der Waals surface area contributed by atoms with Crippen molar-refractivity contribution < 1.29 is 4.42 Å². The molecule has 1 unspecified atom stereocenters. The average Bonchev–Trinajstić information content (AvgIpc) is 3.48. The van der Waals surface area contributed by atoms with E-state index >= 15 is 0 Å². The molecule has 0 fully saturated rings. The molecule has 9 rings (SSSR count). The van der Waals surface area contributed by atoms with Crippen LogP contribution >= 0.6 is 0 Å². The zero-order chi connectivity index (χ0) is 29.7. The summed E-state index contributed by atoms with van der Waals surface area (Å²) in [7, 11) is 0. The lowest BCUT2D eigenvalue weighted by atomic mass is 9.92. The molecule has 1 aliphatic rings. The Balaban J connectivity index is 1.23. The SMILES string of the molecule is c1ccc(C2=NC(c3ccccc3)NC(c3cccc4c(-c5cccc6oc7cc8ncccc8cc7c56)cccc34)=N2)cc1. The molecule has 5 nitrogen and oxygen atoms in total. The zero-order valence-electron chi connectivity index (χ0n) is 24.2. The first-order valence-electron chi connectivity index (χ1n) is 15.1. The van der Waals surface area contributed by atoms with Crippen LogP contribution in [0.5, 0.6) is 0 Å². The molecule has 3 heterocycles. The van der Waals surface area contributed by atoms with Crippen LogP contribution in [-0.2, 0) is 0 Å². The molecule has 0 spiro atoms. The van der Waals surface area contributed by atoms with Crippen molar-refractivity contribution in [2.24, 2.45) is 9.98 Å². The van der Waals surface area contributed by atoms with Crippen molar-refractivity contribution >= 4 is 55.3 Å². The standard InChI is InChI=1S/C40H26N4O/c1-3-11-25(12-4-1)38-42-39(26-13-5-2-6-14-26)44-40(43-38)32-20-8-16-28-29(17-7-18-30(28)32)31-19-9-21-35-37(31)33-23-27-15-10-22-41-34(27)24-36(33)45-35/h1-24,38H,(H,42,43,44). The van der Waals surface area contributed by atoms with Crippen molar-refractivity contribution in [3.63, 3.8) is 0 Å². The highest BCUT2D eigenvalue weighted by Gasteiger charge is 2.23. The van der Waals surface area contributed by atoms with Gasteiger partial charge in [0.05, 0.1) is 5.52 Å². The van der Waals surface area contributed by atoms with E-state index in [4.69, 9.17) is 14.4 Å². The van der Waals surface area contributed by atoms with Crippen LogP contribution in [0.3, 0.4) is 0 Å². The van der Waals surface area contributed by atoms with Crippen LogP contribution in [0.15, 0.2) is 160 Å². The molecular weight excluding hydrogens is 552 g/mol. The van der Waals surface area contributed by atoms with Gasteiger partial charge in [-0.1, -0.05) is 115 Å². The Morgan fingerprint density at radius 3 is 2.16 bits per heavy atom. The summed E-state index contributed by atoms with van der Waals surface area (Å²) in [6.45, 7) is 0. The lowest BCUT2D eigenvalue weighted by Crippen LogP contribution is -2.33. The van der Waals surface area contributed by atoms with Gasteiger partial charge >= 0.3 is 0 Å². The quantitative estimate of drug-likeness (QED) is 0.226. The average molecular weight is 579 g/mol.